The maximum absolute atomic E-state index is 12.6. The van der Waals surface area contributed by atoms with Crippen molar-refractivity contribution in [1.82, 2.24) is 5.16 Å². The van der Waals surface area contributed by atoms with Gasteiger partial charge >= 0.3 is 18.0 Å². The lowest BCUT2D eigenvalue weighted by Crippen LogP contribution is -2.27. The maximum atomic E-state index is 12.6. The Morgan fingerprint density at radius 3 is 2.44 bits per heavy atom. The normalized spacial score (nSPS) is 13.7. The molecule has 0 bridgehead atoms. The third kappa shape index (κ3) is 4.80. The molecule has 1 aromatic heterocycles. The van der Waals surface area contributed by atoms with E-state index < -0.39 is 23.6 Å². The number of hydrogen-bond donors (Lipinski definition) is 1. The molecule has 1 aromatic carbocycles. The number of aromatic nitrogens is 1. The molecule has 10 nitrogen and oxygen atoms in total. The summed E-state index contributed by atoms with van der Waals surface area (Å²) in [6, 6.07) is 4.93. The SMILES string of the molecule is COC(=O)C1=C(C(=O)OC)N(c2ccc3onc(NC(=O)OC(C)(C)C)c3c2)C=CC=C1. The number of ether oxygens (including phenoxy) is 3. The van der Waals surface area contributed by atoms with E-state index in [1.54, 1.807) is 57.3 Å². The second-order valence-corrected chi connectivity index (χ2v) is 7.65. The number of fused-ring (bicyclic) bond motifs is 1. The molecule has 0 saturated carbocycles. The highest BCUT2D eigenvalue weighted by atomic mass is 16.6. The van der Waals surface area contributed by atoms with Gasteiger partial charge in [-0.25, -0.2) is 14.4 Å². The summed E-state index contributed by atoms with van der Waals surface area (Å²) in [6.07, 6.45) is 5.61. The molecule has 0 saturated heterocycles. The summed E-state index contributed by atoms with van der Waals surface area (Å²) < 4.78 is 20.2. The Balaban J connectivity index is 2.06. The Morgan fingerprint density at radius 1 is 1.06 bits per heavy atom. The van der Waals surface area contributed by atoms with Crippen LogP contribution in [0.25, 0.3) is 11.0 Å². The second kappa shape index (κ2) is 8.96. The van der Waals surface area contributed by atoms with Crippen molar-refractivity contribution in [3.8, 4) is 0 Å². The van der Waals surface area contributed by atoms with Crippen LogP contribution in [0.1, 0.15) is 20.8 Å². The van der Waals surface area contributed by atoms with Crippen LogP contribution in [0.4, 0.5) is 16.3 Å². The van der Waals surface area contributed by atoms with Gasteiger partial charge in [-0.1, -0.05) is 11.2 Å². The standard InChI is InChI=1S/C22H23N3O7/c1-22(2,3)31-21(28)23-18-15-12-13(9-10-16(15)32-24-18)25-11-7-6-8-14(19(26)29-4)17(25)20(27)30-5/h6-12H,1-5H3,(H,23,24,28). The van der Waals surface area contributed by atoms with Gasteiger partial charge in [-0.2, -0.15) is 0 Å². The number of nitrogens with one attached hydrogen (secondary N) is 1. The van der Waals surface area contributed by atoms with Crippen LogP contribution in [0, 0.1) is 0 Å². The molecule has 1 amide bonds. The molecular weight excluding hydrogens is 418 g/mol. The monoisotopic (exact) mass is 441 g/mol. The number of methoxy groups -OCH3 is 2. The molecule has 0 fully saturated rings. The number of rotatable bonds is 4. The molecule has 2 heterocycles. The fourth-order valence-corrected chi connectivity index (χ4v) is 2.93. The molecule has 1 aliphatic heterocycles. The summed E-state index contributed by atoms with van der Waals surface area (Å²) in [7, 11) is 2.44. The van der Waals surface area contributed by atoms with Crippen molar-refractivity contribution in [2.24, 2.45) is 0 Å². The van der Waals surface area contributed by atoms with E-state index in [1.807, 2.05) is 0 Å². The van der Waals surface area contributed by atoms with Gasteiger partial charge in [0.1, 0.15) is 11.3 Å². The van der Waals surface area contributed by atoms with Crippen LogP contribution in [0.15, 0.2) is 58.4 Å². The minimum Gasteiger partial charge on any atom is -0.465 e. The first kappa shape index (κ1) is 22.6. The number of anilines is 2. The fourth-order valence-electron chi connectivity index (χ4n) is 2.93. The van der Waals surface area contributed by atoms with Crippen molar-refractivity contribution >= 4 is 40.5 Å². The maximum Gasteiger partial charge on any atom is 0.413 e. The Kier molecular flexibility index (Phi) is 6.33. The molecule has 2 aromatic rings. The molecule has 0 radical (unpaired) electrons. The van der Waals surface area contributed by atoms with E-state index in [9.17, 15) is 14.4 Å². The number of hydrogen-bond acceptors (Lipinski definition) is 9. The topological polar surface area (TPSA) is 120 Å². The number of carbonyl (C=O) groups excluding carboxylic acids is 3. The van der Waals surface area contributed by atoms with Gasteiger partial charge in [0, 0.05) is 11.9 Å². The van der Waals surface area contributed by atoms with Crippen molar-refractivity contribution in [3.63, 3.8) is 0 Å². The van der Waals surface area contributed by atoms with E-state index in [0.29, 0.717) is 16.7 Å². The summed E-state index contributed by atoms with van der Waals surface area (Å²) in [5.74, 6) is -1.29. The number of esters is 2. The molecule has 1 N–H and O–H groups in total. The molecule has 3 rings (SSSR count). The Morgan fingerprint density at radius 2 is 1.78 bits per heavy atom. The van der Waals surface area contributed by atoms with Crippen molar-refractivity contribution in [1.29, 1.82) is 0 Å². The lowest BCUT2D eigenvalue weighted by Gasteiger charge is -2.23. The number of benzene rings is 1. The van der Waals surface area contributed by atoms with Gasteiger partial charge in [0.25, 0.3) is 0 Å². The van der Waals surface area contributed by atoms with Crippen molar-refractivity contribution in [3.05, 3.63) is 53.9 Å². The molecule has 0 spiro atoms. The third-order valence-corrected chi connectivity index (χ3v) is 4.24. The van der Waals surface area contributed by atoms with E-state index in [0.717, 1.165) is 0 Å². The minimum absolute atomic E-state index is 0.0156. The minimum atomic E-state index is -0.737. The summed E-state index contributed by atoms with van der Waals surface area (Å²) in [5, 5.41) is 6.90. The summed E-state index contributed by atoms with van der Waals surface area (Å²) in [4.78, 5) is 38.5. The highest BCUT2D eigenvalue weighted by Gasteiger charge is 2.28. The first-order valence-electron chi connectivity index (χ1n) is 9.59. The predicted octanol–water partition coefficient (Wildman–Crippen LogP) is 3.66. The van der Waals surface area contributed by atoms with Gasteiger partial charge < -0.3 is 23.6 Å². The average Bonchev–Trinajstić information content (AvgIpc) is 2.99. The first-order valence-corrected chi connectivity index (χ1v) is 9.59. The number of carbonyl (C=O) groups is 3. The van der Waals surface area contributed by atoms with Gasteiger partial charge in [0.2, 0.25) is 0 Å². The quantitative estimate of drug-likeness (QED) is 0.560. The fraction of sp³-hybridized carbons (Fsp3) is 0.273. The first-order chi connectivity index (χ1) is 15.1. The zero-order valence-corrected chi connectivity index (χ0v) is 18.3. The molecule has 0 unspecified atom stereocenters. The van der Waals surface area contributed by atoms with E-state index in [2.05, 4.69) is 10.5 Å². The van der Waals surface area contributed by atoms with Crippen LogP contribution >= 0.6 is 0 Å². The summed E-state index contributed by atoms with van der Waals surface area (Å²) >= 11 is 0. The lowest BCUT2D eigenvalue weighted by molar-refractivity contribution is -0.139. The lowest BCUT2D eigenvalue weighted by atomic mass is 10.1. The molecule has 1 aliphatic rings. The largest absolute Gasteiger partial charge is 0.465 e. The van der Waals surface area contributed by atoms with Crippen LogP contribution in [0.3, 0.4) is 0 Å². The smallest absolute Gasteiger partial charge is 0.413 e. The van der Waals surface area contributed by atoms with Crippen LogP contribution < -0.4 is 10.2 Å². The van der Waals surface area contributed by atoms with E-state index in [4.69, 9.17) is 18.7 Å². The molecule has 32 heavy (non-hydrogen) atoms. The third-order valence-electron chi connectivity index (χ3n) is 4.24. The van der Waals surface area contributed by atoms with E-state index in [-0.39, 0.29) is 17.1 Å². The van der Waals surface area contributed by atoms with Crippen LogP contribution in [-0.2, 0) is 23.8 Å². The number of allylic oxidation sites excluding steroid dienone is 2. The predicted molar refractivity (Wildman–Crippen MR) is 116 cm³/mol. The summed E-state index contributed by atoms with van der Waals surface area (Å²) in [6.45, 7) is 5.22. The van der Waals surface area contributed by atoms with Crippen molar-refractivity contribution in [2.75, 3.05) is 24.4 Å². The van der Waals surface area contributed by atoms with E-state index in [1.165, 1.54) is 25.2 Å². The molecule has 168 valence electrons. The van der Waals surface area contributed by atoms with Crippen LogP contribution in [0.2, 0.25) is 0 Å². The summed E-state index contributed by atoms with van der Waals surface area (Å²) in [5.41, 5.74) is 0.162. The second-order valence-electron chi connectivity index (χ2n) is 7.65. The number of amides is 1. The molecule has 0 atom stereocenters. The van der Waals surface area contributed by atoms with Crippen molar-refractivity contribution < 1.29 is 33.1 Å². The van der Waals surface area contributed by atoms with Crippen LogP contribution in [0.5, 0.6) is 0 Å². The Labute approximate surface area is 184 Å². The Bertz CT molecular complexity index is 1150. The van der Waals surface area contributed by atoms with Gasteiger partial charge in [0.15, 0.2) is 11.4 Å². The average molecular weight is 441 g/mol. The van der Waals surface area contributed by atoms with Gasteiger partial charge in [-0.15, -0.1) is 0 Å². The van der Waals surface area contributed by atoms with Gasteiger partial charge in [-0.3, -0.25) is 5.32 Å². The molecular formula is C22H23N3O7. The zero-order chi connectivity index (χ0) is 23.5. The van der Waals surface area contributed by atoms with Crippen LogP contribution in [-0.4, -0.2) is 43.0 Å². The number of nitrogens with zero attached hydrogens (tertiary/aromatic N) is 2. The molecule has 0 aliphatic carbocycles. The Hall–Kier alpha value is -4.08. The highest BCUT2D eigenvalue weighted by Crippen LogP contribution is 2.32. The van der Waals surface area contributed by atoms with Gasteiger partial charge in [-0.05, 0) is 51.1 Å². The molecule has 10 heteroatoms. The van der Waals surface area contributed by atoms with Crippen molar-refractivity contribution in [2.45, 2.75) is 26.4 Å². The van der Waals surface area contributed by atoms with Gasteiger partial charge in [0.05, 0.1) is 25.2 Å². The zero-order valence-electron chi connectivity index (χ0n) is 18.3. The van der Waals surface area contributed by atoms with E-state index >= 15 is 0 Å². The highest BCUT2D eigenvalue weighted by molar-refractivity contribution is 6.06.